The Morgan fingerprint density at radius 1 is 1.21 bits per heavy atom. The summed E-state index contributed by atoms with van der Waals surface area (Å²) in [6, 6.07) is 6.31. The second-order valence-electron chi connectivity index (χ2n) is 6.66. The van der Waals surface area contributed by atoms with Gasteiger partial charge in [-0.15, -0.1) is 0 Å². The van der Waals surface area contributed by atoms with Crippen molar-refractivity contribution in [3.63, 3.8) is 0 Å². The third-order valence-electron chi connectivity index (χ3n) is 5.50. The quantitative estimate of drug-likeness (QED) is 0.874. The van der Waals surface area contributed by atoms with Gasteiger partial charge in [-0.2, -0.15) is 0 Å². The summed E-state index contributed by atoms with van der Waals surface area (Å²) in [7, 11) is 3.74. The Hall–Kier alpha value is -2.40. The fourth-order valence-electron chi connectivity index (χ4n) is 4.31. The van der Waals surface area contributed by atoms with Crippen LogP contribution in [0.3, 0.4) is 0 Å². The molecule has 0 fully saturated rings. The van der Waals surface area contributed by atoms with Gasteiger partial charge in [0.1, 0.15) is 0 Å². The molecule has 1 atom stereocenters. The molecule has 0 unspecified atom stereocenters. The number of nitrogens with zero attached hydrogens (tertiary/aromatic N) is 1. The van der Waals surface area contributed by atoms with E-state index in [0.717, 1.165) is 47.6 Å². The van der Waals surface area contributed by atoms with Crippen LogP contribution in [0, 0.1) is 0 Å². The molecule has 2 aliphatic heterocycles. The van der Waals surface area contributed by atoms with Crippen molar-refractivity contribution < 1.29 is 19.3 Å². The van der Waals surface area contributed by atoms with Gasteiger partial charge in [0.25, 0.3) is 0 Å². The van der Waals surface area contributed by atoms with Crippen LogP contribution in [-0.4, -0.2) is 37.5 Å². The van der Waals surface area contributed by atoms with Crippen molar-refractivity contribution in [2.45, 2.75) is 18.9 Å². The van der Waals surface area contributed by atoms with Crippen LogP contribution in [0.25, 0.3) is 11.1 Å². The van der Waals surface area contributed by atoms with Crippen LogP contribution in [0.1, 0.15) is 22.7 Å². The molecule has 0 aromatic heterocycles. The maximum absolute atomic E-state index is 10.8. The van der Waals surface area contributed by atoms with Gasteiger partial charge in [0, 0.05) is 23.7 Å². The lowest BCUT2D eigenvalue weighted by Crippen LogP contribution is -2.35. The van der Waals surface area contributed by atoms with E-state index in [4.69, 9.17) is 14.2 Å². The molecule has 0 saturated heterocycles. The molecule has 5 heteroatoms. The molecule has 0 spiro atoms. The summed E-state index contributed by atoms with van der Waals surface area (Å²) in [5.41, 5.74) is 5.50. The third-order valence-corrected chi connectivity index (χ3v) is 5.50. The second-order valence-corrected chi connectivity index (χ2v) is 6.66. The smallest absolute Gasteiger partial charge is 0.231 e. The summed E-state index contributed by atoms with van der Waals surface area (Å²) in [6.45, 7) is 1.25. The lowest BCUT2D eigenvalue weighted by Gasteiger charge is -2.40. The molecular formula is C19H19NO4. The standard InChI is InChI=1S/C19H19NO4/c1-20-6-5-11-8-14-19(24-9-23-14)17-15(11)12(20)7-10-3-4-13(22-2)18(21)16(10)17/h3-4,8,12,21H,5-7,9H2,1-2H3/t12-/m1/s1. The summed E-state index contributed by atoms with van der Waals surface area (Å²) < 4.78 is 16.8. The molecule has 5 nitrogen and oxygen atoms in total. The normalized spacial score (nSPS) is 20.5. The topological polar surface area (TPSA) is 51.2 Å². The van der Waals surface area contributed by atoms with E-state index in [-0.39, 0.29) is 12.5 Å². The van der Waals surface area contributed by atoms with Gasteiger partial charge in [0.2, 0.25) is 6.79 Å². The van der Waals surface area contributed by atoms with Gasteiger partial charge < -0.3 is 19.3 Å². The number of benzene rings is 2. The first-order chi connectivity index (χ1) is 11.7. The Bertz CT molecular complexity index is 861. The van der Waals surface area contributed by atoms with Crippen molar-refractivity contribution in [3.8, 4) is 34.1 Å². The highest BCUT2D eigenvalue weighted by Gasteiger charge is 2.39. The average molecular weight is 325 g/mol. The van der Waals surface area contributed by atoms with Crippen LogP contribution in [0.5, 0.6) is 23.0 Å². The second kappa shape index (κ2) is 4.80. The van der Waals surface area contributed by atoms with Gasteiger partial charge in [0.05, 0.1) is 7.11 Å². The molecule has 2 aromatic rings. The van der Waals surface area contributed by atoms with E-state index in [0.29, 0.717) is 11.8 Å². The van der Waals surface area contributed by atoms with E-state index >= 15 is 0 Å². The fourth-order valence-corrected chi connectivity index (χ4v) is 4.31. The summed E-state index contributed by atoms with van der Waals surface area (Å²) >= 11 is 0. The predicted molar refractivity (Wildman–Crippen MR) is 89.0 cm³/mol. The Labute approximate surface area is 140 Å². The summed E-state index contributed by atoms with van der Waals surface area (Å²) in [5.74, 6) is 2.20. The monoisotopic (exact) mass is 325 g/mol. The van der Waals surface area contributed by atoms with Crippen LogP contribution in [0.4, 0.5) is 0 Å². The van der Waals surface area contributed by atoms with Crippen molar-refractivity contribution in [1.82, 2.24) is 4.90 Å². The van der Waals surface area contributed by atoms with Crippen molar-refractivity contribution in [2.75, 3.05) is 27.5 Å². The van der Waals surface area contributed by atoms with Gasteiger partial charge in [-0.1, -0.05) is 6.07 Å². The van der Waals surface area contributed by atoms with Crippen LogP contribution in [0.15, 0.2) is 18.2 Å². The zero-order valence-corrected chi connectivity index (χ0v) is 13.8. The molecule has 2 aromatic carbocycles. The molecule has 2 heterocycles. The van der Waals surface area contributed by atoms with Crippen molar-refractivity contribution in [2.24, 2.45) is 0 Å². The number of methoxy groups -OCH3 is 1. The van der Waals surface area contributed by atoms with E-state index in [1.807, 2.05) is 12.1 Å². The first-order valence-electron chi connectivity index (χ1n) is 8.24. The van der Waals surface area contributed by atoms with Crippen molar-refractivity contribution in [3.05, 3.63) is 34.9 Å². The summed E-state index contributed by atoms with van der Waals surface area (Å²) in [6.07, 6.45) is 1.86. The molecule has 1 N–H and O–H groups in total. The maximum Gasteiger partial charge on any atom is 0.231 e. The van der Waals surface area contributed by atoms with Crippen molar-refractivity contribution >= 4 is 0 Å². The molecule has 124 valence electrons. The third kappa shape index (κ3) is 1.68. The minimum Gasteiger partial charge on any atom is -0.504 e. The van der Waals surface area contributed by atoms with E-state index in [1.54, 1.807) is 7.11 Å². The lowest BCUT2D eigenvalue weighted by molar-refractivity contribution is 0.174. The predicted octanol–water partition coefficient (Wildman–Crippen LogP) is 2.88. The molecule has 0 amide bonds. The zero-order valence-electron chi connectivity index (χ0n) is 13.8. The lowest BCUT2D eigenvalue weighted by atomic mass is 9.76. The number of phenols is 1. The van der Waals surface area contributed by atoms with E-state index < -0.39 is 0 Å². The first-order valence-corrected chi connectivity index (χ1v) is 8.24. The number of likely N-dealkylation sites (N-methyl/N-ethyl adjacent to an activating group) is 1. The molecule has 1 aliphatic carbocycles. The highest BCUT2D eigenvalue weighted by atomic mass is 16.7. The van der Waals surface area contributed by atoms with Gasteiger partial charge in [-0.25, -0.2) is 0 Å². The number of ether oxygens (including phenoxy) is 3. The largest absolute Gasteiger partial charge is 0.504 e. The van der Waals surface area contributed by atoms with Crippen molar-refractivity contribution in [1.29, 1.82) is 0 Å². The van der Waals surface area contributed by atoms with E-state index in [2.05, 4.69) is 18.0 Å². The molecule has 24 heavy (non-hydrogen) atoms. The minimum atomic E-state index is 0.188. The molecule has 3 aliphatic rings. The summed E-state index contributed by atoms with van der Waals surface area (Å²) in [5, 5.41) is 10.8. The molecule has 0 radical (unpaired) electrons. The number of hydrogen-bond acceptors (Lipinski definition) is 5. The van der Waals surface area contributed by atoms with Crippen LogP contribution in [0.2, 0.25) is 0 Å². The van der Waals surface area contributed by atoms with Crippen LogP contribution >= 0.6 is 0 Å². The average Bonchev–Trinajstić information content (AvgIpc) is 3.06. The first kappa shape index (κ1) is 14.0. The van der Waals surface area contributed by atoms with Gasteiger partial charge in [-0.3, -0.25) is 4.90 Å². The number of phenolic OH excluding ortho intramolecular Hbond substituents is 1. The Morgan fingerprint density at radius 2 is 2.08 bits per heavy atom. The van der Waals surface area contributed by atoms with Gasteiger partial charge >= 0.3 is 0 Å². The number of aromatic hydroxyl groups is 1. The highest BCUT2D eigenvalue weighted by molar-refractivity contribution is 5.88. The number of fused-ring (bicyclic) bond motifs is 4. The Kier molecular flexibility index (Phi) is 2.80. The van der Waals surface area contributed by atoms with Gasteiger partial charge in [0.15, 0.2) is 23.0 Å². The summed E-state index contributed by atoms with van der Waals surface area (Å²) in [4.78, 5) is 2.39. The minimum absolute atomic E-state index is 0.188. The fraction of sp³-hybridized carbons (Fsp3) is 0.368. The Balaban J connectivity index is 1.88. The SMILES string of the molecule is COc1ccc2c(c1O)-c1c3c(cc4c1[C@@H](C2)N(C)CC4)OCO3. The van der Waals surface area contributed by atoms with Crippen LogP contribution in [-0.2, 0) is 12.8 Å². The van der Waals surface area contributed by atoms with Gasteiger partial charge in [-0.05, 0) is 48.7 Å². The highest BCUT2D eigenvalue weighted by Crippen LogP contribution is 2.56. The number of hydrogen-bond donors (Lipinski definition) is 1. The molecule has 0 saturated carbocycles. The van der Waals surface area contributed by atoms with Crippen LogP contribution < -0.4 is 14.2 Å². The Morgan fingerprint density at radius 3 is 2.92 bits per heavy atom. The van der Waals surface area contributed by atoms with E-state index in [1.165, 1.54) is 11.1 Å². The molecular weight excluding hydrogens is 306 g/mol. The molecule has 0 bridgehead atoms. The zero-order chi connectivity index (χ0) is 16.4. The van der Waals surface area contributed by atoms with E-state index in [9.17, 15) is 5.11 Å². The molecule has 5 rings (SSSR count). The number of rotatable bonds is 1. The maximum atomic E-state index is 10.8.